The monoisotopic (exact) mass is 314 g/mol. The Morgan fingerprint density at radius 3 is 2.64 bits per heavy atom. The van der Waals surface area contributed by atoms with Crippen LogP contribution in [0.4, 0.5) is 13.2 Å². The second-order valence-electron chi connectivity index (χ2n) is 2.16. The molecule has 3 nitrogen and oxygen atoms in total. The third-order valence-corrected chi connectivity index (χ3v) is 1.77. The molecule has 0 radical (unpaired) electrons. The van der Waals surface area contributed by atoms with Gasteiger partial charge in [-0.15, -0.1) is 13.2 Å². The standard InChI is InChI=1S/C7H2F3IN2O/c8-7(9,10)14-5-3-13-6(11)1-4(5)2-12/h1,3H. The van der Waals surface area contributed by atoms with Crippen molar-refractivity contribution in [2.45, 2.75) is 6.36 Å². The molecule has 0 aliphatic heterocycles. The Morgan fingerprint density at radius 2 is 2.14 bits per heavy atom. The summed E-state index contributed by atoms with van der Waals surface area (Å²) in [6.45, 7) is 0. The topological polar surface area (TPSA) is 45.9 Å². The van der Waals surface area contributed by atoms with Crippen molar-refractivity contribution in [1.29, 1.82) is 5.26 Å². The van der Waals surface area contributed by atoms with E-state index in [1.54, 1.807) is 28.7 Å². The van der Waals surface area contributed by atoms with Gasteiger partial charge >= 0.3 is 6.36 Å². The Kier molecular flexibility index (Phi) is 3.15. The number of halogens is 4. The van der Waals surface area contributed by atoms with Crippen molar-refractivity contribution in [2.24, 2.45) is 0 Å². The van der Waals surface area contributed by atoms with Crippen molar-refractivity contribution in [3.63, 3.8) is 0 Å². The molecule has 0 aromatic carbocycles. The summed E-state index contributed by atoms with van der Waals surface area (Å²) in [5.41, 5.74) is -0.193. The first-order valence-corrected chi connectivity index (χ1v) is 4.31. The van der Waals surface area contributed by atoms with Gasteiger partial charge in [0.05, 0.1) is 11.8 Å². The van der Waals surface area contributed by atoms with Crippen LogP contribution in [0.5, 0.6) is 5.75 Å². The molecule has 1 rings (SSSR count). The molecule has 74 valence electrons. The normalized spacial score (nSPS) is 10.8. The molecular weight excluding hydrogens is 312 g/mol. The molecule has 0 bridgehead atoms. The molecule has 0 atom stereocenters. The third kappa shape index (κ3) is 3.02. The lowest BCUT2D eigenvalue weighted by molar-refractivity contribution is -0.274. The summed E-state index contributed by atoms with van der Waals surface area (Å²) < 4.78 is 39.4. The minimum Gasteiger partial charge on any atom is -0.403 e. The zero-order valence-corrected chi connectivity index (χ0v) is 8.63. The van der Waals surface area contributed by atoms with Gasteiger partial charge in [-0.3, -0.25) is 0 Å². The predicted molar refractivity (Wildman–Crippen MR) is 48.4 cm³/mol. The van der Waals surface area contributed by atoms with E-state index in [2.05, 4.69) is 9.72 Å². The Morgan fingerprint density at radius 1 is 1.50 bits per heavy atom. The van der Waals surface area contributed by atoms with Crippen molar-refractivity contribution >= 4 is 22.6 Å². The summed E-state index contributed by atoms with van der Waals surface area (Å²) in [6.07, 6.45) is -3.94. The van der Waals surface area contributed by atoms with Crippen LogP contribution in [0.2, 0.25) is 0 Å². The molecule has 0 saturated carbocycles. The van der Waals surface area contributed by atoms with Gasteiger partial charge in [0.2, 0.25) is 0 Å². The molecular formula is C7H2F3IN2O. The highest BCUT2D eigenvalue weighted by Crippen LogP contribution is 2.25. The maximum atomic E-state index is 11.8. The van der Waals surface area contributed by atoms with E-state index >= 15 is 0 Å². The van der Waals surface area contributed by atoms with Crippen LogP contribution in [0.1, 0.15) is 5.56 Å². The lowest BCUT2D eigenvalue weighted by atomic mass is 10.3. The van der Waals surface area contributed by atoms with E-state index < -0.39 is 12.1 Å². The molecule has 0 amide bonds. The van der Waals surface area contributed by atoms with Gasteiger partial charge in [0.25, 0.3) is 0 Å². The molecule has 14 heavy (non-hydrogen) atoms. The van der Waals surface area contributed by atoms with Crippen LogP contribution in [-0.2, 0) is 0 Å². The Bertz CT molecular complexity index is 386. The fraction of sp³-hybridized carbons (Fsp3) is 0.143. The van der Waals surface area contributed by atoms with Gasteiger partial charge in [-0.2, -0.15) is 5.26 Å². The van der Waals surface area contributed by atoms with E-state index in [-0.39, 0.29) is 5.56 Å². The number of rotatable bonds is 1. The van der Waals surface area contributed by atoms with Gasteiger partial charge in [0.1, 0.15) is 9.77 Å². The first kappa shape index (κ1) is 11.0. The highest BCUT2D eigenvalue weighted by atomic mass is 127. The molecule has 0 fully saturated rings. The van der Waals surface area contributed by atoms with Crippen molar-refractivity contribution in [2.75, 3.05) is 0 Å². The maximum Gasteiger partial charge on any atom is 0.573 e. The van der Waals surface area contributed by atoms with E-state index in [1.807, 2.05) is 0 Å². The zero-order chi connectivity index (χ0) is 10.8. The van der Waals surface area contributed by atoms with E-state index in [9.17, 15) is 13.2 Å². The molecule has 1 heterocycles. The van der Waals surface area contributed by atoms with Gasteiger partial charge in [-0.05, 0) is 28.7 Å². The number of nitrogens with zero attached hydrogens (tertiary/aromatic N) is 2. The van der Waals surface area contributed by atoms with Crippen molar-refractivity contribution in [3.8, 4) is 11.8 Å². The quantitative estimate of drug-likeness (QED) is 0.591. The molecule has 0 spiro atoms. The minimum atomic E-state index is -4.81. The van der Waals surface area contributed by atoms with Crippen molar-refractivity contribution < 1.29 is 17.9 Å². The van der Waals surface area contributed by atoms with Crippen LogP contribution in [0, 0.1) is 15.0 Å². The van der Waals surface area contributed by atoms with Crippen molar-refractivity contribution in [3.05, 3.63) is 21.5 Å². The van der Waals surface area contributed by atoms with Crippen LogP contribution in [0.3, 0.4) is 0 Å². The average Bonchev–Trinajstić information content (AvgIpc) is 2.06. The van der Waals surface area contributed by atoms with Gasteiger partial charge in [-0.25, -0.2) is 4.98 Å². The second-order valence-corrected chi connectivity index (χ2v) is 3.27. The number of alkyl halides is 3. The van der Waals surface area contributed by atoms with Crippen LogP contribution >= 0.6 is 22.6 Å². The molecule has 1 aromatic heterocycles. The number of pyridine rings is 1. The molecule has 0 saturated heterocycles. The van der Waals surface area contributed by atoms with E-state index in [4.69, 9.17) is 5.26 Å². The first-order chi connectivity index (χ1) is 6.42. The molecule has 1 aromatic rings. The molecule has 0 unspecified atom stereocenters. The van der Waals surface area contributed by atoms with Gasteiger partial charge in [0, 0.05) is 0 Å². The number of aromatic nitrogens is 1. The van der Waals surface area contributed by atoms with Gasteiger partial charge in [0.15, 0.2) is 5.75 Å². The summed E-state index contributed by atoms with van der Waals surface area (Å²) in [7, 11) is 0. The number of nitriles is 1. The lowest BCUT2D eigenvalue weighted by Crippen LogP contribution is -2.18. The second kappa shape index (κ2) is 4.00. The summed E-state index contributed by atoms with van der Waals surface area (Å²) in [5.74, 6) is -0.583. The Hall–Kier alpha value is -1.04. The summed E-state index contributed by atoms with van der Waals surface area (Å²) in [5, 5.41) is 8.51. The summed E-state index contributed by atoms with van der Waals surface area (Å²) in [6, 6.07) is 2.80. The lowest BCUT2D eigenvalue weighted by Gasteiger charge is -2.09. The van der Waals surface area contributed by atoms with Crippen LogP contribution in [0.25, 0.3) is 0 Å². The third-order valence-electron chi connectivity index (χ3n) is 1.18. The largest absolute Gasteiger partial charge is 0.573 e. The van der Waals surface area contributed by atoms with E-state index in [0.29, 0.717) is 3.70 Å². The smallest absolute Gasteiger partial charge is 0.403 e. The van der Waals surface area contributed by atoms with Gasteiger partial charge in [-0.1, -0.05) is 0 Å². The highest BCUT2D eigenvalue weighted by molar-refractivity contribution is 14.1. The predicted octanol–water partition coefficient (Wildman–Crippen LogP) is 2.46. The number of hydrogen-bond donors (Lipinski definition) is 0. The molecule has 0 aliphatic rings. The van der Waals surface area contributed by atoms with Gasteiger partial charge < -0.3 is 4.74 Å². The number of ether oxygens (including phenoxy) is 1. The Balaban J connectivity index is 3.05. The fourth-order valence-corrected chi connectivity index (χ4v) is 1.16. The maximum absolute atomic E-state index is 11.8. The summed E-state index contributed by atoms with van der Waals surface area (Å²) in [4.78, 5) is 3.58. The average molecular weight is 314 g/mol. The van der Waals surface area contributed by atoms with E-state index in [1.165, 1.54) is 6.07 Å². The molecule has 7 heteroatoms. The van der Waals surface area contributed by atoms with Crippen LogP contribution in [0.15, 0.2) is 12.3 Å². The van der Waals surface area contributed by atoms with Crippen molar-refractivity contribution in [1.82, 2.24) is 4.98 Å². The van der Waals surface area contributed by atoms with Crippen LogP contribution < -0.4 is 4.74 Å². The Labute approximate surface area is 90.6 Å². The molecule has 0 aliphatic carbocycles. The highest BCUT2D eigenvalue weighted by Gasteiger charge is 2.32. The zero-order valence-electron chi connectivity index (χ0n) is 6.47. The number of hydrogen-bond acceptors (Lipinski definition) is 3. The minimum absolute atomic E-state index is 0.193. The fourth-order valence-electron chi connectivity index (χ4n) is 0.711. The first-order valence-electron chi connectivity index (χ1n) is 3.24. The SMILES string of the molecule is N#Cc1cc(I)ncc1OC(F)(F)F. The summed E-state index contributed by atoms with van der Waals surface area (Å²) >= 11 is 1.78. The van der Waals surface area contributed by atoms with E-state index in [0.717, 1.165) is 6.20 Å². The molecule has 0 N–H and O–H groups in total. The van der Waals surface area contributed by atoms with Crippen LogP contribution in [-0.4, -0.2) is 11.3 Å².